The lowest BCUT2D eigenvalue weighted by atomic mass is 9.78. The van der Waals surface area contributed by atoms with Crippen LogP contribution in [0.25, 0.3) is 0 Å². The van der Waals surface area contributed by atoms with Crippen LogP contribution in [-0.4, -0.2) is 28.7 Å². The molecule has 1 aromatic heterocycles. The standard InChI is InChI=1S/C14H24N4/c1-3-17-7-10(2)16-14(17)18-8-11-5-4-6-13(15)12(11)9-18/h7,11-13H,3-6,8-9,15H2,1-2H3. The topological polar surface area (TPSA) is 47.1 Å². The highest BCUT2D eigenvalue weighted by Crippen LogP contribution is 2.37. The summed E-state index contributed by atoms with van der Waals surface area (Å²) in [5.41, 5.74) is 7.40. The Morgan fingerprint density at radius 1 is 1.39 bits per heavy atom. The summed E-state index contributed by atoms with van der Waals surface area (Å²) in [4.78, 5) is 7.15. The van der Waals surface area contributed by atoms with Crippen LogP contribution in [0.1, 0.15) is 31.9 Å². The van der Waals surface area contributed by atoms with Gasteiger partial charge in [0, 0.05) is 31.9 Å². The number of aryl methyl sites for hydroxylation is 2. The summed E-state index contributed by atoms with van der Waals surface area (Å²) in [6.45, 7) is 7.50. The fourth-order valence-electron chi connectivity index (χ4n) is 3.70. The summed E-state index contributed by atoms with van der Waals surface area (Å²) >= 11 is 0. The average molecular weight is 248 g/mol. The van der Waals surface area contributed by atoms with E-state index in [-0.39, 0.29) is 0 Å². The van der Waals surface area contributed by atoms with Crippen LogP contribution < -0.4 is 10.6 Å². The molecule has 2 fully saturated rings. The monoisotopic (exact) mass is 248 g/mol. The molecule has 0 bridgehead atoms. The molecule has 0 radical (unpaired) electrons. The van der Waals surface area contributed by atoms with Gasteiger partial charge in [0.2, 0.25) is 5.95 Å². The second-order valence-electron chi connectivity index (χ2n) is 5.89. The van der Waals surface area contributed by atoms with Crippen molar-refractivity contribution < 1.29 is 0 Å². The van der Waals surface area contributed by atoms with Gasteiger partial charge in [-0.1, -0.05) is 6.42 Å². The van der Waals surface area contributed by atoms with Crippen LogP contribution in [0.3, 0.4) is 0 Å². The summed E-state index contributed by atoms with van der Waals surface area (Å²) in [5.74, 6) is 2.62. The number of rotatable bonds is 2. The zero-order valence-electron chi connectivity index (χ0n) is 11.5. The number of aromatic nitrogens is 2. The van der Waals surface area contributed by atoms with Crippen molar-refractivity contribution in [3.63, 3.8) is 0 Å². The van der Waals surface area contributed by atoms with Gasteiger partial charge < -0.3 is 15.2 Å². The van der Waals surface area contributed by atoms with E-state index in [1.54, 1.807) is 0 Å². The first-order valence-electron chi connectivity index (χ1n) is 7.23. The number of hydrogen-bond acceptors (Lipinski definition) is 3. The Morgan fingerprint density at radius 2 is 2.22 bits per heavy atom. The van der Waals surface area contributed by atoms with Gasteiger partial charge in [0.05, 0.1) is 5.69 Å². The third-order valence-corrected chi connectivity index (χ3v) is 4.65. The normalized spacial score (nSPS) is 31.7. The second kappa shape index (κ2) is 4.57. The zero-order valence-corrected chi connectivity index (χ0v) is 11.5. The van der Waals surface area contributed by atoms with E-state index in [4.69, 9.17) is 10.7 Å². The van der Waals surface area contributed by atoms with E-state index in [0.717, 1.165) is 37.2 Å². The summed E-state index contributed by atoms with van der Waals surface area (Å²) in [6.07, 6.45) is 6.01. The van der Waals surface area contributed by atoms with Crippen LogP contribution in [0.5, 0.6) is 0 Å². The molecule has 2 heterocycles. The molecule has 0 spiro atoms. The summed E-state index contributed by atoms with van der Waals surface area (Å²) < 4.78 is 2.26. The second-order valence-corrected chi connectivity index (χ2v) is 5.89. The van der Waals surface area contributed by atoms with Gasteiger partial charge in [0.1, 0.15) is 0 Å². The largest absolute Gasteiger partial charge is 0.342 e. The van der Waals surface area contributed by atoms with Crippen molar-refractivity contribution >= 4 is 5.95 Å². The van der Waals surface area contributed by atoms with Crippen LogP contribution in [0.15, 0.2) is 6.20 Å². The van der Waals surface area contributed by atoms with Crippen LogP contribution >= 0.6 is 0 Å². The summed E-state index contributed by atoms with van der Waals surface area (Å²) in [5, 5.41) is 0. The molecule has 4 nitrogen and oxygen atoms in total. The molecule has 3 rings (SSSR count). The Bertz CT molecular complexity index is 425. The first-order valence-corrected chi connectivity index (χ1v) is 7.23. The first kappa shape index (κ1) is 12.0. The van der Waals surface area contributed by atoms with Crippen molar-refractivity contribution in [3.05, 3.63) is 11.9 Å². The third-order valence-electron chi connectivity index (χ3n) is 4.65. The number of fused-ring (bicyclic) bond motifs is 1. The van der Waals surface area contributed by atoms with Crippen LogP contribution in [0.2, 0.25) is 0 Å². The molecule has 18 heavy (non-hydrogen) atoms. The minimum Gasteiger partial charge on any atom is -0.342 e. The molecular formula is C14H24N4. The molecule has 100 valence electrons. The Hall–Kier alpha value is -1.03. The van der Waals surface area contributed by atoms with E-state index >= 15 is 0 Å². The fourth-order valence-corrected chi connectivity index (χ4v) is 3.70. The maximum absolute atomic E-state index is 6.28. The van der Waals surface area contributed by atoms with Gasteiger partial charge in [-0.25, -0.2) is 4.98 Å². The lowest BCUT2D eigenvalue weighted by molar-refractivity contribution is 0.260. The highest BCUT2D eigenvalue weighted by molar-refractivity contribution is 5.36. The highest BCUT2D eigenvalue weighted by Gasteiger charge is 2.39. The van der Waals surface area contributed by atoms with Crippen molar-refractivity contribution in [2.24, 2.45) is 17.6 Å². The maximum Gasteiger partial charge on any atom is 0.205 e. The quantitative estimate of drug-likeness (QED) is 0.868. The minimum atomic E-state index is 0.403. The minimum absolute atomic E-state index is 0.403. The zero-order chi connectivity index (χ0) is 12.7. The van der Waals surface area contributed by atoms with Crippen molar-refractivity contribution in [2.75, 3.05) is 18.0 Å². The van der Waals surface area contributed by atoms with Gasteiger partial charge in [0.15, 0.2) is 0 Å². The molecule has 1 aliphatic carbocycles. The van der Waals surface area contributed by atoms with Crippen molar-refractivity contribution in [3.8, 4) is 0 Å². The highest BCUT2D eigenvalue weighted by atomic mass is 15.3. The van der Waals surface area contributed by atoms with Crippen molar-refractivity contribution in [1.82, 2.24) is 9.55 Å². The molecule has 4 heteroatoms. The van der Waals surface area contributed by atoms with Crippen molar-refractivity contribution in [1.29, 1.82) is 0 Å². The molecule has 0 amide bonds. The number of hydrogen-bond donors (Lipinski definition) is 1. The van der Waals surface area contributed by atoms with Crippen LogP contribution in [-0.2, 0) is 6.54 Å². The smallest absolute Gasteiger partial charge is 0.205 e. The van der Waals surface area contributed by atoms with E-state index < -0.39 is 0 Å². The maximum atomic E-state index is 6.28. The summed E-state index contributed by atoms with van der Waals surface area (Å²) in [7, 11) is 0. The van der Waals surface area contributed by atoms with Gasteiger partial charge in [0.25, 0.3) is 0 Å². The van der Waals surface area contributed by atoms with E-state index in [0.29, 0.717) is 12.0 Å². The molecule has 1 aliphatic heterocycles. The molecule has 1 saturated heterocycles. The van der Waals surface area contributed by atoms with Gasteiger partial charge in [-0.3, -0.25) is 0 Å². The molecule has 3 unspecified atom stereocenters. The Kier molecular flexibility index (Phi) is 3.06. The molecule has 3 atom stereocenters. The predicted octanol–water partition coefficient (Wildman–Crippen LogP) is 1.78. The lowest BCUT2D eigenvalue weighted by Gasteiger charge is -2.29. The Balaban J connectivity index is 1.82. The average Bonchev–Trinajstić information content (AvgIpc) is 2.92. The Morgan fingerprint density at radius 3 is 2.94 bits per heavy atom. The molecule has 2 aliphatic rings. The van der Waals surface area contributed by atoms with E-state index in [2.05, 4.69) is 29.5 Å². The number of nitrogens with zero attached hydrogens (tertiary/aromatic N) is 3. The van der Waals surface area contributed by atoms with Gasteiger partial charge in [-0.15, -0.1) is 0 Å². The molecule has 1 saturated carbocycles. The SMILES string of the molecule is CCn1cc(C)nc1N1CC2CCCC(N)C2C1. The molecule has 0 aromatic carbocycles. The number of nitrogens with two attached hydrogens (primary N) is 1. The summed E-state index contributed by atoms with van der Waals surface area (Å²) in [6, 6.07) is 0.403. The predicted molar refractivity (Wildman–Crippen MR) is 73.7 cm³/mol. The number of imidazole rings is 1. The van der Waals surface area contributed by atoms with Crippen LogP contribution in [0, 0.1) is 18.8 Å². The molecule has 1 aromatic rings. The van der Waals surface area contributed by atoms with Gasteiger partial charge in [-0.05, 0) is 38.5 Å². The molecule has 2 N–H and O–H groups in total. The van der Waals surface area contributed by atoms with E-state index in [1.807, 2.05) is 0 Å². The Labute approximate surface area is 109 Å². The lowest BCUT2D eigenvalue weighted by Crippen LogP contribution is -2.38. The number of anilines is 1. The van der Waals surface area contributed by atoms with Gasteiger partial charge >= 0.3 is 0 Å². The van der Waals surface area contributed by atoms with E-state index in [9.17, 15) is 0 Å². The van der Waals surface area contributed by atoms with E-state index in [1.165, 1.54) is 19.3 Å². The van der Waals surface area contributed by atoms with Crippen LogP contribution in [0.4, 0.5) is 5.95 Å². The van der Waals surface area contributed by atoms with Gasteiger partial charge in [-0.2, -0.15) is 0 Å². The first-order chi connectivity index (χ1) is 8.69. The fraction of sp³-hybridized carbons (Fsp3) is 0.786. The third kappa shape index (κ3) is 1.92. The molecular weight excluding hydrogens is 224 g/mol. The van der Waals surface area contributed by atoms with Crippen molar-refractivity contribution in [2.45, 2.75) is 45.7 Å².